The first-order valence-corrected chi connectivity index (χ1v) is 7.54. The molecule has 2 aromatic rings. The second kappa shape index (κ2) is 6.41. The van der Waals surface area contributed by atoms with Crippen LogP contribution in [0.1, 0.15) is 16.7 Å². The Balaban J connectivity index is 2.06. The first kappa shape index (κ1) is 13.7. The highest BCUT2D eigenvalue weighted by atomic mass is 79.9. The number of aliphatic hydroxyl groups is 1. The molecule has 0 aliphatic heterocycles. The topological polar surface area (TPSA) is 20.2 Å². The van der Waals surface area contributed by atoms with Crippen molar-refractivity contribution < 1.29 is 5.11 Å². The molecule has 94 valence electrons. The average Bonchev–Trinajstić information content (AvgIpc) is 2.37. The molecule has 3 heteroatoms. The van der Waals surface area contributed by atoms with Crippen LogP contribution in [0.4, 0.5) is 0 Å². The van der Waals surface area contributed by atoms with E-state index in [1.807, 2.05) is 12.1 Å². The van der Waals surface area contributed by atoms with Crippen molar-refractivity contribution in [1.82, 2.24) is 0 Å². The smallest absolute Gasteiger partial charge is 0.0682 e. The van der Waals surface area contributed by atoms with Crippen LogP contribution < -0.4 is 0 Å². The number of thioether (sulfide) groups is 1. The summed E-state index contributed by atoms with van der Waals surface area (Å²) in [6.07, 6.45) is 0. The predicted molar refractivity (Wildman–Crippen MR) is 80.8 cm³/mol. The van der Waals surface area contributed by atoms with Crippen LogP contribution >= 0.6 is 27.7 Å². The van der Waals surface area contributed by atoms with E-state index in [0.29, 0.717) is 0 Å². The Morgan fingerprint density at radius 3 is 2.61 bits per heavy atom. The number of aliphatic hydroxyl groups excluding tert-OH is 1. The summed E-state index contributed by atoms with van der Waals surface area (Å²) in [7, 11) is 0. The minimum atomic E-state index is 0.0847. The summed E-state index contributed by atoms with van der Waals surface area (Å²) >= 11 is 5.34. The van der Waals surface area contributed by atoms with Crippen LogP contribution in [0.2, 0.25) is 0 Å². The summed E-state index contributed by atoms with van der Waals surface area (Å²) in [6, 6.07) is 14.5. The minimum Gasteiger partial charge on any atom is -0.392 e. The van der Waals surface area contributed by atoms with Crippen LogP contribution in [0.25, 0.3) is 0 Å². The normalized spacial score (nSPS) is 10.6. The third-order valence-corrected chi connectivity index (χ3v) is 4.72. The van der Waals surface area contributed by atoms with Crippen molar-refractivity contribution >= 4 is 27.7 Å². The lowest BCUT2D eigenvalue weighted by molar-refractivity contribution is 0.281. The number of benzene rings is 2. The molecule has 0 unspecified atom stereocenters. The van der Waals surface area contributed by atoms with Gasteiger partial charge in [0.1, 0.15) is 0 Å². The highest BCUT2D eigenvalue weighted by Gasteiger charge is 2.03. The van der Waals surface area contributed by atoms with Gasteiger partial charge in [-0.3, -0.25) is 0 Å². The van der Waals surface area contributed by atoms with E-state index < -0.39 is 0 Å². The average molecular weight is 323 g/mol. The molecule has 0 aliphatic rings. The van der Waals surface area contributed by atoms with Gasteiger partial charge in [-0.15, -0.1) is 11.8 Å². The zero-order valence-corrected chi connectivity index (χ0v) is 12.6. The zero-order valence-electron chi connectivity index (χ0n) is 10.2. The summed E-state index contributed by atoms with van der Waals surface area (Å²) in [4.78, 5) is 1.20. The Morgan fingerprint density at radius 2 is 1.94 bits per heavy atom. The van der Waals surface area contributed by atoms with Gasteiger partial charge >= 0.3 is 0 Å². The van der Waals surface area contributed by atoms with Gasteiger partial charge in [-0.1, -0.05) is 35.9 Å². The molecule has 0 spiro atoms. The van der Waals surface area contributed by atoms with Crippen LogP contribution in [-0.4, -0.2) is 5.11 Å². The molecule has 18 heavy (non-hydrogen) atoms. The molecule has 1 nitrogen and oxygen atoms in total. The lowest BCUT2D eigenvalue weighted by atomic mass is 10.2. The maximum Gasteiger partial charge on any atom is 0.0682 e. The molecular formula is C15H15BrOS. The van der Waals surface area contributed by atoms with E-state index in [-0.39, 0.29) is 6.61 Å². The van der Waals surface area contributed by atoms with Gasteiger partial charge in [0, 0.05) is 15.1 Å². The fraction of sp³-hybridized carbons (Fsp3) is 0.200. The third kappa shape index (κ3) is 3.61. The van der Waals surface area contributed by atoms with Crippen LogP contribution in [0.5, 0.6) is 0 Å². The molecular weight excluding hydrogens is 308 g/mol. The monoisotopic (exact) mass is 322 g/mol. The van der Waals surface area contributed by atoms with E-state index in [9.17, 15) is 0 Å². The molecule has 0 saturated heterocycles. The Labute approximate surface area is 120 Å². The Morgan fingerprint density at radius 1 is 1.11 bits per heavy atom. The Bertz CT molecular complexity index is 540. The van der Waals surface area contributed by atoms with E-state index >= 15 is 0 Å². The quantitative estimate of drug-likeness (QED) is 0.834. The molecule has 0 saturated carbocycles. The molecule has 0 heterocycles. The van der Waals surface area contributed by atoms with Crippen molar-refractivity contribution in [3.8, 4) is 0 Å². The van der Waals surface area contributed by atoms with Crippen molar-refractivity contribution in [2.45, 2.75) is 24.2 Å². The highest BCUT2D eigenvalue weighted by Crippen LogP contribution is 2.31. The molecule has 2 aromatic carbocycles. The number of hydrogen-bond donors (Lipinski definition) is 1. The summed E-state index contributed by atoms with van der Waals surface area (Å²) < 4.78 is 1.05. The van der Waals surface area contributed by atoms with Crippen molar-refractivity contribution in [3.63, 3.8) is 0 Å². The predicted octanol–water partition coefficient (Wildman–Crippen LogP) is 4.54. The highest BCUT2D eigenvalue weighted by molar-refractivity contribution is 9.10. The first-order chi connectivity index (χ1) is 8.69. The van der Waals surface area contributed by atoms with Crippen molar-refractivity contribution in [2.75, 3.05) is 0 Å². The minimum absolute atomic E-state index is 0.0847. The molecule has 0 fully saturated rings. The molecule has 0 aromatic heterocycles. The van der Waals surface area contributed by atoms with E-state index in [1.165, 1.54) is 16.0 Å². The van der Waals surface area contributed by atoms with Crippen molar-refractivity contribution in [2.24, 2.45) is 0 Å². The second-order valence-electron chi connectivity index (χ2n) is 4.20. The molecule has 0 atom stereocenters. The fourth-order valence-corrected chi connectivity index (χ4v) is 3.36. The number of aryl methyl sites for hydroxylation is 1. The summed E-state index contributed by atoms with van der Waals surface area (Å²) in [5.41, 5.74) is 3.56. The summed E-state index contributed by atoms with van der Waals surface area (Å²) in [5, 5.41) is 9.06. The van der Waals surface area contributed by atoms with Gasteiger partial charge in [-0.25, -0.2) is 0 Å². The first-order valence-electron chi connectivity index (χ1n) is 5.76. The third-order valence-electron chi connectivity index (χ3n) is 2.66. The van der Waals surface area contributed by atoms with E-state index in [2.05, 4.69) is 53.2 Å². The standard InChI is InChI=1S/C15H15BrOS/c1-11-3-2-4-13(7-11)10-18-15-6-5-12(9-17)8-14(15)16/h2-8,17H,9-10H2,1H3. The van der Waals surface area contributed by atoms with Gasteiger partial charge in [-0.05, 0) is 46.1 Å². The van der Waals surface area contributed by atoms with E-state index in [0.717, 1.165) is 15.8 Å². The SMILES string of the molecule is Cc1cccc(CSc2ccc(CO)cc2Br)c1. The molecule has 1 N–H and O–H groups in total. The molecule has 0 amide bonds. The lowest BCUT2D eigenvalue weighted by Gasteiger charge is -2.06. The second-order valence-corrected chi connectivity index (χ2v) is 6.07. The van der Waals surface area contributed by atoms with Gasteiger partial charge < -0.3 is 5.11 Å². The maximum atomic E-state index is 9.06. The van der Waals surface area contributed by atoms with Gasteiger partial charge in [0.05, 0.1) is 6.61 Å². The van der Waals surface area contributed by atoms with Gasteiger partial charge in [-0.2, -0.15) is 0 Å². The van der Waals surface area contributed by atoms with Crippen LogP contribution in [0.15, 0.2) is 51.8 Å². The zero-order chi connectivity index (χ0) is 13.0. The van der Waals surface area contributed by atoms with E-state index in [4.69, 9.17) is 5.11 Å². The lowest BCUT2D eigenvalue weighted by Crippen LogP contribution is -1.86. The van der Waals surface area contributed by atoms with Crippen molar-refractivity contribution in [3.05, 3.63) is 63.6 Å². The van der Waals surface area contributed by atoms with Crippen molar-refractivity contribution in [1.29, 1.82) is 0 Å². The van der Waals surface area contributed by atoms with Crippen LogP contribution in [0.3, 0.4) is 0 Å². The van der Waals surface area contributed by atoms with Gasteiger partial charge in [0.25, 0.3) is 0 Å². The maximum absolute atomic E-state index is 9.06. The molecule has 2 rings (SSSR count). The van der Waals surface area contributed by atoms with Crippen LogP contribution in [-0.2, 0) is 12.4 Å². The summed E-state index contributed by atoms with van der Waals surface area (Å²) in [5.74, 6) is 0.957. The van der Waals surface area contributed by atoms with Crippen LogP contribution in [0, 0.1) is 6.92 Å². The number of halogens is 1. The fourth-order valence-electron chi connectivity index (χ4n) is 1.72. The van der Waals surface area contributed by atoms with E-state index in [1.54, 1.807) is 11.8 Å². The Kier molecular flexibility index (Phi) is 4.87. The number of rotatable bonds is 4. The Hall–Kier alpha value is -0.770. The molecule has 0 radical (unpaired) electrons. The number of hydrogen-bond acceptors (Lipinski definition) is 2. The van der Waals surface area contributed by atoms with Gasteiger partial charge in [0.15, 0.2) is 0 Å². The molecule has 0 aliphatic carbocycles. The summed E-state index contributed by atoms with van der Waals surface area (Å²) in [6.45, 7) is 2.20. The molecule has 0 bridgehead atoms. The van der Waals surface area contributed by atoms with Gasteiger partial charge in [0.2, 0.25) is 0 Å². The largest absolute Gasteiger partial charge is 0.392 e.